The van der Waals surface area contributed by atoms with Crippen LogP contribution >= 0.6 is 11.8 Å². The molecular weight excluding hydrogens is 260 g/mol. The zero-order valence-corrected chi connectivity index (χ0v) is 10.8. The van der Waals surface area contributed by atoms with Gasteiger partial charge in [-0.2, -0.15) is 11.8 Å². The van der Waals surface area contributed by atoms with Crippen molar-refractivity contribution in [2.45, 2.75) is 49.7 Å². The van der Waals surface area contributed by atoms with E-state index in [0.717, 1.165) is 24.3 Å². The molecule has 0 aromatic heterocycles. The molecule has 6 nitrogen and oxygen atoms in total. The predicted molar refractivity (Wildman–Crippen MR) is 65.2 cm³/mol. The molecule has 0 amide bonds. The van der Waals surface area contributed by atoms with Gasteiger partial charge in [-0.1, -0.05) is 0 Å². The first kappa shape index (κ1) is 14.5. The van der Waals surface area contributed by atoms with Crippen LogP contribution in [-0.2, 0) is 9.47 Å². The predicted octanol–water partition coefficient (Wildman–Crippen LogP) is -1.30. The Hall–Kier alpha value is 0.110. The van der Waals surface area contributed by atoms with Crippen LogP contribution in [0.25, 0.3) is 0 Å². The highest BCUT2D eigenvalue weighted by atomic mass is 32.2. The fourth-order valence-corrected chi connectivity index (χ4v) is 3.23. The summed E-state index contributed by atoms with van der Waals surface area (Å²) < 4.78 is 10.9. The van der Waals surface area contributed by atoms with Crippen LogP contribution in [0, 0.1) is 0 Å². The first-order valence-corrected chi connectivity index (χ1v) is 7.32. The van der Waals surface area contributed by atoms with E-state index in [4.69, 9.17) is 14.6 Å². The van der Waals surface area contributed by atoms with Crippen molar-refractivity contribution in [1.82, 2.24) is 0 Å². The summed E-state index contributed by atoms with van der Waals surface area (Å²) >= 11 is 1.78. The van der Waals surface area contributed by atoms with Gasteiger partial charge in [0.05, 0.1) is 12.7 Å². The number of thioether (sulfide) groups is 1. The van der Waals surface area contributed by atoms with E-state index in [1.165, 1.54) is 0 Å². The summed E-state index contributed by atoms with van der Waals surface area (Å²) in [6, 6.07) is 0. The van der Waals surface area contributed by atoms with Crippen molar-refractivity contribution in [3.8, 4) is 0 Å². The van der Waals surface area contributed by atoms with Crippen LogP contribution in [0.4, 0.5) is 0 Å². The highest BCUT2D eigenvalue weighted by Crippen LogP contribution is 2.26. The minimum Gasteiger partial charge on any atom is -0.394 e. The van der Waals surface area contributed by atoms with Crippen LogP contribution < -0.4 is 0 Å². The van der Waals surface area contributed by atoms with Crippen LogP contribution in [0.5, 0.6) is 0 Å². The molecule has 2 saturated heterocycles. The zero-order chi connectivity index (χ0) is 13.1. The summed E-state index contributed by atoms with van der Waals surface area (Å²) in [5.74, 6) is 1.93. The van der Waals surface area contributed by atoms with E-state index in [0.29, 0.717) is 0 Å². The third-order valence-electron chi connectivity index (χ3n) is 3.29. The third kappa shape index (κ3) is 3.16. The average molecular weight is 280 g/mol. The van der Waals surface area contributed by atoms with Crippen LogP contribution in [0.3, 0.4) is 0 Å². The monoisotopic (exact) mass is 280 g/mol. The van der Waals surface area contributed by atoms with Gasteiger partial charge in [0.2, 0.25) is 0 Å². The van der Waals surface area contributed by atoms with Gasteiger partial charge < -0.3 is 29.9 Å². The molecule has 0 radical (unpaired) electrons. The summed E-state index contributed by atoms with van der Waals surface area (Å²) in [5, 5.41) is 38.1. The summed E-state index contributed by atoms with van der Waals surface area (Å²) in [7, 11) is 0. The second-order valence-electron chi connectivity index (χ2n) is 4.67. The van der Waals surface area contributed by atoms with Gasteiger partial charge in [-0.3, -0.25) is 0 Å². The fraction of sp³-hybridized carbons (Fsp3) is 1.00. The average Bonchev–Trinajstić information content (AvgIpc) is 2.40. The van der Waals surface area contributed by atoms with E-state index < -0.39 is 37.3 Å². The first-order valence-electron chi connectivity index (χ1n) is 6.17. The Morgan fingerprint density at radius 3 is 2.56 bits per heavy atom. The van der Waals surface area contributed by atoms with Gasteiger partial charge in [-0.05, 0) is 18.6 Å². The van der Waals surface area contributed by atoms with E-state index in [1.807, 2.05) is 0 Å². The molecule has 6 atom stereocenters. The molecule has 0 saturated carbocycles. The molecule has 106 valence electrons. The maximum Gasteiger partial charge on any atom is 0.186 e. The number of hydrogen-bond donors (Lipinski definition) is 4. The highest BCUT2D eigenvalue weighted by molar-refractivity contribution is 7.99. The van der Waals surface area contributed by atoms with Crippen molar-refractivity contribution in [3.63, 3.8) is 0 Å². The van der Waals surface area contributed by atoms with E-state index in [9.17, 15) is 15.3 Å². The Morgan fingerprint density at radius 2 is 1.94 bits per heavy atom. The van der Waals surface area contributed by atoms with Crippen molar-refractivity contribution in [3.05, 3.63) is 0 Å². The van der Waals surface area contributed by atoms with Gasteiger partial charge >= 0.3 is 0 Å². The maximum atomic E-state index is 9.80. The zero-order valence-electron chi connectivity index (χ0n) is 10.0. The van der Waals surface area contributed by atoms with Crippen LogP contribution in [0.2, 0.25) is 0 Å². The van der Waals surface area contributed by atoms with Crippen LogP contribution in [0.15, 0.2) is 0 Å². The van der Waals surface area contributed by atoms with E-state index in [1.54, 1.807) is 11.8 Å². The van der Waals surface area contributed by atoms with Crippen molar-refractivity contribution in [2.75, 3.05) is 18.1 Å². The quantitative estimate of drug-likeness (QED) is 0.510. The minimum absolute atomic E-state index is 0.0230. The second-order valence-corrected chi connectivity index (χ2v) is 5.82. The second kappa shape index (κ2) is 6.51. The summed E-state index contributed by atoms with van der Waals surface area (Å²) in [6.07, 6.45) is -3.97. The van der Waals surface area contributed by atoms with Gasteiger partial charge in [0, 0.05) is 5.75 Å². The molecule has 0 aromatic carbocycles. The number of hydrogen-bond acceptors (Lipinski definition) is 7. The number of ether oxygens (including phenoxy) is 2. The van der Waals surface area contributed by atoms with Crippen molar-refractivity contribution in [1.29, 1.82) is 0 Å². The largest absolute Gasteiger partial charge is 0.394 e. The Kier molecular flexibility index (Phi) is 5.25. The molecule has 18 heavy (non-hydrogen) atoms. The lowest BCUT2D eigenvalue weighted by molar-refractivity contribution is -0.310. The molecule has 2 aliphatic rings. The minimum atomic E-state index is -1.36. The standard InChI is InChI=1S/C11H20O6S/c12-4-7-8(13)9(14)10(15)11(17-7)16-6-2-1-3-18-5-6/h6-15H,1-5H2/t6?,7-,8-,9+,10-,11-/m1/s1. The van der Waals surface area contributed by atoms with E-state index >= 15 is 0 Å². The number of rotatable bonds is 3. The lowest BCUT2D eigenvalue weighted by Gasteiger charge is -2.41. The molecule has 0 spiro atoms. The molecule has 1 unspecified atom stereocenters. The van der Waals surface area contributed by atoms with Gasteiger partial charge in [0.1, 0.15) is 24.4 Å². The fourth-order valence-electron chi connectivity index (χ4n) is 2.19. The Balaban J connectivity index is 1.93. The molecule has 2 rings (SSSR count). The third-order valence-corrected chi connectivity index (χ3v) is 4.48. The topological polar surface area (TPSA) is 99.4 Å². The summed E-state index contributed by atoms with van der Waals surface area (Å²) in [6.45, 7) is -0.426. The highest BCUT2D eigenvalue weighted by Gasteiger charge is 2.44. The first-order chi connectivity index (χ1) is 8.63. The lowest BCUT2D eigenvalue weighted by Crippen LogP contribution is -2.59. The van der Waals surface area contributed by atoms with Crippen LogP contribution in [-0.4, -0.2) is 75.3 Å². The molecule has 2 fully saturated rings. The molecule has 2 heterocycles. The molecular formula is C11H20O6S. The smallest absolute Gasteiger partial charge is 0.186 e. The Bertz CT molecular complexity index is 258. The molecule has 4 N–H and O–H groups in total. The Labute approximate surface area is 110 Å². The van der Waals surface area contributed by atoms with Gasteiger partial charge in [0.25, 0.3) is 0 Å². The maximum absolute atomic E-state index is 9.80. The summed E-state index contributed by atoms with van der Waals surface area (Å²) in [5.41, 5.74) is 0. The SMILES string of the molecule is OC[C@H]1O[C@@H](OC2CCCSC2)[C@H](O)[C@@H](O)[C@@H]1O. The van der Waals surface area contributed by atoms with Gasteiger partial charge in [-0.15, -0.1) is 0 Å². The molecule has 7 heteroatoms. The van der Waals surface area contributed by atoms with Crippen molar-refractivity contribution < 1.29 is 29.9 Å². The molecule has 0 aromatic rings. The van der Waals surface area contributed by atoms with Gasteiger partial charge in [0.15, 0.2) is 6.29 Å². The molecule has 0 aliphatic carbocycles. The normalized spacial score (nSPS) is 46.0. The molecule has 2 aliphatic heterocycles. The van der Waals surface area contributed by atoms with Crippen molar-refractivity contribution in [2.24, 2.45) is 0 Å². The number of aliphatic hydroxyl groups excluding tert-OH is 4. The molecule has 0 bridgehead atoms. The van der Waals surface area contributed by atoms with Crippen molar-refractivity contribution >= 4 is 11.8 Å². The van der Waals surface area contributed by atoms with Crippen LogP contribution in [0.1, 0.15) is 12.8 Å². The lowest BCUT2D eigenvalue weighted by atomic mass is 9.99. The number of aliphatic hydroxyl groups is 4. The Morgan fingerprint density at radius 1 is 1.17 bits per heavy atom. The summed E-state index contributed by atoms with van der Waals surface area (Å²) in [4.78, 5) is 0. The van der Waals surface area contributed by atoms with E-state index in [2.05, 4.69) is 0 Å². The van der Waals surface area contributed by atoms with Gasteiger partial charge in [-0.25, -0.2) is 0 Å². The van der Waals surface area contributed by atoms with E-state index in [-0.39, 0.29) is 6.10 Å².